The number of hydrogen-bond acceptors (Lipinski definition) is 6. The number of fused-ring (bicyclic) bond motifs is 3. The first kappa shape index (κ1) is 23.5. The molecular weight excluding hydrogens is 452 g/mol. The van der Waals surface area contributed by atoms with Crippen molar-refractivity contribution in [3.8, 4) is 6.07 Å². The van der Waals surface area contributed by atoms with Gasteiger partial charge >= 0.3 is 0 Å². The Morgan fingerprint density at radius 1 is 1.27 bits per heavy atom. The van der Waals surface area contributed by atoms with Crippen LogP contribution in [-0.4, -0.2) is 21.2 Å². The van der Waals surface area contributed by atoms with Crippen LogP contribution < -0.4 is 10.9 Å². The number of anilines is 1. The number of thioether (sulfide) groups is 1. The number of thiophene rings is 1. The SMILES string of the molecule is CC(C)CCn1c(SCC(=O)Nc2ccc(CC#N)cc2)nc2sc3c(c2c1=O)CCCC3. The molecule has 3 aromatic rings. The van der Waals surface area contributed by atoms with E-state index in [0.717, 1.165) is 41.5 Å². The highest BCUT2D eigenvalue weighted by molar-refractivity contribution is 7.99. The third-order valence-electron chi connectivity index (χ3n) is 5.82. The molecule has 0 saturated carbocycles. The molecule has 33 heavy (non-hydrogen) atoms. The topological polar surface area (TPSA) is 87.8 Å². The Kier molecular flexibility index (Phi) is 7.51. The number of rotatable bonds is 8. The minimum Gasteiger partial charge on any atom is -0.325 e. The van der Waals surface area contributed by atoms with Crippen molar-refractivity contribution in [1.82, 2.24) is 9.55 Å². The second-order valence-corrected chi connectivity index (χ2v) is 10.8. The van der Waals surface area contributed by atoms with Crippen LogP contribution in [0.15, 0.2) is 34.2 Å². The van der Waals surface area contributed by atoms with Crippen LogP contribution in [0.5, 0.6) is 0 Å². The highest BCUT2D eigenvalue weighted by Crippen LogP contribution is 2.34. The Morgan fingerprint density at radius 3 is 2.76 bits per heavy atom. The molecule has 8 heteroatoms. The van der Waals surface area contributed by atoms with Crippen LogP contribution in [-0.2, 0) is 30.6 Å². The first-order valence-corrected chi connectivity index (χ1v) is 13.2. The fraction of sp³-hybridized carbons (Fsp3) is 0.440. The zero-order chi connectivity index (χ0) is 23.4. The Bertz CT molecular complexity index is 1250. The predicted octanol–water partition coefficient (Wildman–Crippen LogP) is 5.18. The van der Waals surface area contributed by atoms with Gasteiger partial charge in [0.05, 0.1) is 23.6 Å². The minimum absolute atomic E-state index is 0.0380. The molecule has 0 radical (unpaired) electrons. The number of aryl methyl sites for hydroxylation is 2. The van der Waals surface area contributed by atoms with Gasteiger partial charge in [-0.1, -0.05) is 37.7 Å². The van der Waals surface area contributed by atoms with E-state index in [1.165, 1.54) is 28.6 Å². The molecule has 4 rings (SSSR count). The molecule has 0 saturated heterocycles. The van der Waals surface area contributed by atoms with Crippen LogP contribution in [0.2, 0.25) is 0 Å². The maximum atomic E-state index is 13.5. The molecule has 0 aliphatic heterocycles. The quantitative estimate of drug-likeness (QED) is 0.355. The van der Waals surface area contributed by atoms with Crippen molar-refractivity contribution in [2.24, 2.45) is 5.92 Å². The maximum Gasteiger partial charge on any atom is 0.263 e. The van der Waals surface area contributed by atoms with E-state index in [4.69, 9.17) is 10.2 Å². The van der Waals surface area contributed by atoms with Gasteiger partial charge in [-0.25, -0.2) is 4.98 Å². The molecule has 0 atom stereocenters. The van der Waals surface area contributed by atoms with E-state index < -0.39 is 0 Å². The van der Waals surface area contributed by atoms with Crippen LogP contribution in [0.25, 0.3) is 10.2 Å². The third-order valence-corrected chi connectivity index (χ3v) is 7.99. The van der Waals surface area contributed by atoms with Crippen LogP contribution >= 0.6 is 23.1 Å². The summed E-state index contributed by atoms with van der Waals surface area (Å²) < 4.78 is 1.78. The molecule has 0 unspecified atom stereocenters. The lowest BCUT2D eigenvalue weighted by Gasteiger charge is -2.14. The fourth-order valence-corrected chi connectivity index (χ4v) is 6.17. The van der Waals surface area contributed by atoms with Gasteiger partial charge in [-0.2, -0.15) is 5.26 Å². The first-order valence-electron chi connectivity index (χ1n) is 11.4. The van der Waals surface area contributed by atoms with Gasteiger partial charge in [0.1, 0.15) is 4.83 Å². The number of hydrogen-bond donors (Lipinski definition) is 1. The summed E-state index contributed by atoms with van der Waals surface area (Å²) in [7, 11) is 0. The second kappa shape index (κ2) is 10.5. The molecule has 1 amide bonds. The zero-order valence-corrected chi connectivity index (χ0v) is 20.7. The first-order chi connectivity index (χ1) is 16.0. The van der Waals surface area contributed by atoms with Crippen LogP contribution in [0.4, 0.5) is 5.69 Å². The number of carbonyl (C=O) groups excluding carboxylic acids is 1. The number of aromatic nitrogens is 2. The van der Waals surface area contributed by atoms with Gasteiger partial charge in [0.15, 0.2) is 5.16 Å². The highest BCUT2D eigenvalue weighted by Gasteiger charge is 2.22. The van der Waals surface area contributed by atoms with Crippen molar-refractivity contribution < 1.29 is 4.79 Å². The smallest absolute Gasteiger partial charge is 0.263 e. The number of nitriles is 1. The summed E-state index contributed by atoms with van der Waals surface area (Å²) in [5.74, 6) is 0.488. The normalized spacial score (nSPS) is 13.2. The third kappa shape index (κ3) is 5.48. The van der Waals surface area contributed by atoms with Crippen molar-refractivity contribution in [2.45, 2.75) is 64.1 Å². The molecule has 0 fully saturated rings. The van der Waals surface area contributed by atoms with Gasteiger partial charge in [0, 0.05) is 17.1 Å². The van der Waals surface area contributed by atoms with Crippen molar-refractivity contribution in [1.29, 1.82) is 5.26 Å². The molecule has 172 valence electrons. The maximum absolute atomic E-state index is 13.5. The molecule has 2 heterocycles. The van der Waals surface area contributed by atoms with Crippen LogP contribution in [0, 0.1) is 17.2 Å². The van der Waals surface area contributed by atoms with Crippen LogP contribution in [0.3, 0.4) is 0 Å². The summed E-state index contributed by atoms with van der Waals surface area (Å²) in [4.78, 5) is 33.1. The van der Waals surface area contributed by atoms with Crippen molar-refractivity contribution in [2.75, 3.05) is 11.1 Å². The molecule has 1 aliphatic carbocycles. The van der Waals surface area contributed by atoms with E-state index >= 15 is 0 Å². The Hall–Kier alpha value is -2.63. The van der Waals surface area contributed by atoms with E-state index in [1.807, 2.05) is 12.1 Å². The lowest BCUT2D eigenvalue weighted by molar-refractivity contribution is -0.113. The highest BCUT2D eigenvalue weighted by atomic mass is 32.2. The number of amides is 1. The molecule has 1 aliphatic rings. The van der Waals surface area contributed by atoms with Gasteiger partial charge in [-0.05, 0) is 61.3 Å². The zero-order valence-electron chi connectivity index (χ0n) is 19.0. The summed E-state index contributed by atoms with van der Waals surface area (Å²) in [5, 5.41) is 13.1. The van der Waals surface area contributed by atoms with Gasteiger partial charge in [0.25, 0.3) is 5.56 Å². The predicted molar refractivity (Wildman–Crippen MR) is 135 cm³/mol. The lowest BCUT2D eigenvalue weighted by Crippen LogP contribution is -2.25. The Balaban J connectivity index is 1.55. The Morgan fingerprint density at radius 2 is 2.03 bits per heavy atom. The van der Waals surface area contributed by atoms with Gasteiger partial charge in [-0.3, -0.25) is 14.2 Å². The van der Waals surface area contributed by atoms with Crippen molar-refractivity contribution in [3.63, 3.8) is 0 Å². The molecule has 1 aromatic carbocycles. The summed E-state index contributed by atoms with van der Waals surface area (Å²) >= 11 is 2.96. The van der Waals surface area contributed by atoms with Gasteiger partial charge < -0.3 is 5.32 Å². The molecule has 0 bridgehead atoms. The van der Waals surface area contributed by atoms with Gasteiger partial charge in [-0.15, -0.1) is 11.3 Å². The largest absolute Gasteiger partial charge is 0.325 e. The number of nitrogens with zero attached hydrogens (tertiary/aromatic N) is 3. The van der Waals surface area contributed by atoms with Crippen molar-refractivity contribution >= 4 is 44.9 Å². The van der Waals surface area contributed by atoms with Crippen molar-refractivity contribution in [3.05, 3.63) is 50.6 Å². The molecule has 2 aromatic heterocycles. The lowest BCUT2D eigenvalue weighted by atomic mass is 9.97. The van der Waals surface area contributed by atoms with E-state index in [9.17, 15) is 9.59 Å². The van der Waals surface area contributed by atoms with E-state index in [0.29, 0.717) is 29.7 Å². The number of nitrogens with one attached hydrogen (secondary N) is 1. The standard InChI is InChI=1S/C25H28N4O2S2/c1-16(2)12-14-29-24(31)22-19-5-3-4-6-20(19)33-23(22)28-25(29)32-15-21(30)27-18-9-7-17(8-10-18)11-13-26/h7-10,16H,3-6,11-12,14-15H2,1-2H3,(H,27,30). The fourth-order valence-electron chi connectivity index (χ4n) is 4.04. The van der Waals surface area contributed by atoms with Gasteiger partial charge in [0.2, 0.25) is 5.91 Å². The average Bonchev–Trinajstić information content (AvgIpc) is 3.17. The summed E-state index contributed by atoms with van der Waals surface area (Å²) in [6.07, 6.45) is 5.50. The number of carbonyl (C=O) groups is 1. The monoisotopic (exact) mass is 480 g/mol. The molecular formula is C25H28N4O2S2. The second-order valence-electron chi connectivity index (χ2n) is 8.79. The molecule has 6 nitrogen and oxygen atoms in total. The molecule has 1 N–H and O–H groups in total. The molecule has 0 spiro atoms. The summed E-state index contributed by atoms with van der Waals surface area (Å²) in [5.41, 5.74) is 2.84. The van der Waals surface area contributed by atoms with E-state index in [-0.39, 0.29) is 17.2 Å². The minimum atomic E-state index is -0.150. The Labute approximate surface area is 202 Å². The van der Waals surface area contributed by atoms with Crippen LogP contribution in [0.1, 0.15) is 49.1 Å². The number of benzene rings is 1. The summed E-state index contributed by atoms with van der Waals surface area (Å²) in [6, 6.07) is 9.39. The summed E-state index contributed by atoms with van der Waals surface area (Å²) in [6.45, 7) is 4.89. The average molecular weight is 481 g/mol. The van der Waals surface area contributed by atoms with E-state index in [1.54, 1.807) is 28.0 Å². The van der Waals surface area contributed by atoms with E-state index in [2.05, 4.69) is 25.2 Å².